The van der Waals surface area contributed by atoms with Crippen LogP contribution < -0.4 is 26.2 Å². The average Bonchev–Trinajstić information content (AvgIpc) is 1.74. The van der Waals surface area contributed by atoms with Gasteiger partial charge in [-0.25, -0.2) is 0 Å². The minimum absolute atomic E-state index is 0.00598. The maximum Gasteiger partial charge on any atom is 0.252 e. The Morgan fingerprint density at radius 3 is 1.95 bits per heavy atom. The topological polar surface area (TPSA) is 48.3 Å². The van der Waals surface area contributed by atoms with Crippen LogP contribution >= 0.6 is 0 Å². The van der Waals surface area contributed by atoms with E-state index in [4.69, 9.17) is 9.90 Å². The molecule has 0 N–H and O–H groups in total. The Balaban J connectivity index is 1.41. The predicted octanol–water partition coefficient (Wildman–Crippen LogP) is 12.8. The first kappa shape index (κ1) is 21.2. The molecule has 0 fully saturated rings. The highest BCUT2D eigenvalue weighted by molar-refractivity contribution is 7.00. The van der Waals surface area contributed by atoms with Gasteiger partial charge >= 0.3 is 0 Å². The number of benzene rings is 7. The fraction of sp³-hybridized carbons (Fsp3) is 0.218. The first-order valence-corrected chi connectivity index (χ1v) is 20.0. The third-order valence-electron chi connectivity index (χ3n) is 11.8. The number of aromatic nitrogens is 1. The molecule has 0 aliphatic carbocycles. The number of nitriles is 1. The molecule has 61 heavy (non-hydrogen) atoms. The third kappa shape index (κ3) is 4.84. The van der Waals surface area contributed by atoms with Gasteiger partial charge < -0.3 is 18.8 Å². The van der Waals surface area contributed by atoms with Gasteiger partial charge in [-0.1, -0.05) is 123 Å². The number of para-hydroxylation sites is 3. The molecule has 0 saturated heterocycles. The highest BCUT2D eigenvalue weighted by Crippen LogP contribution is 2.54. The van der Waals surface area contributed by atoms with E-state index in [1.807, 2.05) is 6.07 Å². The van der Waals surface area contributed by atoms with Gasteiger partial charge in [0.05, 0.1) is 72.8 Å². The number of hydrogen-bond donors (Lipinski definition) is 0. The molecule has 12 rings (SSSR count). The lowest BCUT2D eigenvalue weighted by molar-refractivity contribution is 0.590. The highest BCUT2D eigenvalue weighted by atomic mass is 16.3. The summed E-state index contributed by atoms with van der Waals surface area (Å²) in [6, 6.07) is -9.67. The predicted molar refractivity (Wildman–Crippen MR) is 256 cm³/mol. The van der Waals surface area contributed by atoms with E-state index >= 15 is 0 Å². The minimum atomic E-state index is -1.67. The monoisotopic (exact) mass is 811 g/mol. The maximum absolute atomic E-state index is 11.3. The van der Waals surface area contributed by atoms with Crippen molar-refractivity contribution in [3.8, 4) is 11.8 Å². The van der Waals surface area contributed by atoms with Crippen molar-refractivity contribution in [2.75, 3.05) is 9.80 Å². The van der Waals surface area contributed by atoms with Crippen LogP contribution in [0.1, 0.15) is 112 Å². The number of hydrogen-bond acceptors (Lipinski definition) is 4. The number of fused-ring (bicyclic) bond motifs is 12. The lowest BCUT2D eigenvalue weighted by atomic mass is 9.33. The van der Waals surface area contributed by atoms with E-state index in [0.29, 0.717) is 0 Å². The van der Waals surface area contributed by atoms with Gasteiger partial charge in [0.2, 0.25) is 0 Å². The van der Waals surface area contributed by atoms with Gasteiger partial charge in [-0.15, -0.1) is 0 Å². The van der Waals surface area contributed by atoms with Crippen molar-refractivity contribution in [3.05, 3.63) is 143 Å². The van der Waals surface area contributed by atoms with E-state index < -0.39 is 153 Å². The van der Waals surface area contributed by atoms with Gasteiger partial charge in [-0.3, -0.25) is 0 Å². The van der Waals surface area contributed by atoms with Gasteiger partial charge in [0.25, 0.3) is 6.71 Å². The maximum atomic E-state index is 11.3. The molecule has 0 spiro atoms. The van der Waals surface area contributed by atoms with Crippen molar-refractivity contribution < 1.29 is 31.8 Å². The van der Waals surface area contributed by atoms with Gasteiger partial charge in [-0.05, 0) is 110 Å². The summed E-state index contributed by atoms with van der Waals surface area (Å²) in [4.78, 5) is 2.42. The van der Waals surface area contributed by atoms with E-state index in [1.54, 1.807) is 62.3 Å². The first-order chi connectivity index (χ1) is 37.5. The van der Waals surface area contributed by atoms with Gasteiger partial charge in [0.15, 0.2) is 5.58 Å². The largest absolute Gasteiger partial charge is 0.454 e. The second-order valence-electron chi connectivity index (χ2n) is 18.9. The van der Waals surface area contributed by atoms with E-state index in [-0.39, 0.29) is 113 Å². The van der Waals surface area contributed by atoms with Crippen LogP contribution in [0.2, 0.25) is 0 Å². The van der Waals surface area contributed by atoms with E-state index in [0.717, 1.165) is 4.90 Å². The quantitative estimate of drug-likeness (QED) is 0.155. The SMILES string of the molecule is [2H]c1c([2H])c2c3c(c1[2H])-n1c4c([2H])c([2H])c(C(C)(C)C)c([2H])c4c4c([2H])c(C(C)(C)C)c([2H])c(c41)N3c1c([2H])c(C#N)c([2H])c3c1B2c1c([2H])c(C(C)(C)C)c([2H])c([2H])c1N3c1c([2H])c([2H])c([2H])c2c1oc1c([2H])c([2H])c([2H])c([2H])c12. The summed E-state index contributed by atoms with van der Waals surface area (Å²) in [6.45, 7) is 14.1. The molecule has 0 unspecified atom stereocenters. The number of anilines is 6. The molecule has 0 bridgehead atoms. The summed E-state index contributed by atoms with van der Waals surface area (Å²) < 4.78 is 201. The fourth-order valence-corrected chi connectivity index (χ4v) is 8.85. The Hall–Kier alpha value is -6.71. The van der Waals surface area contributed by atoms with Crippen LogP contribution in [-0.4, -0.2) is 11.3 Å². The molecule has 5 heterocycles. The zero-order valence-corrected chi connectivity index (χ0v) is 34.8. The standard InChI is InChI=1S/C55H47BN4O/c1-53(2,3)32-20-22-41-37(26-32)38-27-34(55(7,8)9)29-47-50(38)59(41)43-17-13-16-39-51(43)60(47)46-25-31(30-57)24-45-49(46)56(39)40-28-33(54(4,5)6)21-23-42(40)58(45)44-18-12-15-36-35-14-10-11-19-48(35)61-52(36)44/h10-29H,1-9H3/i10D,11D,12D,13D,14D,15D,16D,17D,18D,19D,20D,21D,22D,23D,24D,25D,26D,27D,28D,29D. The number of rotatable bonds is 1. The van der Waals surface area contributed by atoms with Crippen LogP contribution in [0.15, 0.2) is 125 Å². The average molecular weight is 811 g/mol. The zero-order chi connectivity index (χ0) is 59.5. The highest BCUT2D eigenvalue weighted by Gasteiger charge is 2.47. The molecule has 3 aliphatic rings. The summed E-state index contributed by atoms with van der Waals surface area (Å²) in [6.07, 6.45) is 0. The Morgan fingerprint density at radius 2 is 1.20 bits per heavy atom. The van der Waals surface area contributed by atoms with Crippen LogP contribution in [0.4, 0.5) is 34.1 Å². The van der Waals surface area contributed by atoms with Crippen LogP contribution in [0.25, 0.3) is 49.4 Å². The Labute approximate surface area is 385 Å². The molecule has 296 valence electrons. The normalized spacial score (nSPS) is 18.8. The first-order valence-electron chi connectivity index (χ1n) is 30.0. The van der Waals surface area contributed by atoms with Crippen LogP contribution in [-0.2, 0) is 16.2 Å². The molecule has 0 saturated carbocycles. The second-order valence-corrected chi connectivity index (χ2v) is 18.9. The van der Waals surface area contributed by atoms with Crippen molar-refractivity contribution in [1.82, 2.24) is 4.57 Å². The molecular weight excluding hydrogens is 743 g/mol. The van der Waals surface area contributed by atoms with Crippen molar-refractivity contribution in [1.29, 1.82) is 5.26 Å². The molecule has 3 aliphatic heterocycles. The summed E-state index contributed by atoms with van der Waals surface area (Å²) >= 11 is 0. The molecular formula is C55H47BN4O. The van der Waals surface area contributed by atoms with E-state index in [1.165, 1.54) is 9.47 Å². The smallest absolute Gasteiger partial charge is 0.252 e. The van der Waals surface area contributed by atoms with Gasteiger partial charge in [-0.2, -0.15) is 5.26 Å². The van der Waals surface area contributed by atoms with Gasteiger partial charge in [0, 0.05) is 38.6 Å². The van der Waals surface area contributed by atoms with Crippen molar-refractivity contribution in [2.24, 2.45) is 0 Å². The Morgan fingerprint density at radius 1 is 0.541 bits per heavy atom. The fourth-order valence-electron chi connectivity index (χ4n) is 8.85. The molecule has 0 amide bonds. The lowest BCUT2D eigenvalue weighted by Crippen LogP contribution is -2.62. The molecule has 5 nitrogen and oxygen atoms in total. The molecule has 0 atom stereocenters. The lowest BCUT2D eigenvalue weighted by Gasteiger charge is -2.46. The molecule has 9 aromatic rings. The van der Waals surface area contributed by atoms with Crippen molar-refractivity contribution in [3.63, 3.8) is 0 Å². The van der Waals surface area contributed by atoms with E-state index in [9.17, 15) is 27.2 Å². The summed E-state index contributed by atoms with van der Waals surface area (Å²) in [7, 11) is 0. The van der Waals surface area contributed by atoms with Crippen LogP contribution in [0.3, 0.4) is 0 Å². The number of furan rings is 1. The number of nitrogens with zero attached hydrogens (tertiary/aromatic N) is 4. The Bertz CT molecular complexity index is 4630. The molecule has 6 heteroatoms. The molecule has 7 aromatic carbocycles. The third-order valence-corrected chi connectivity index (χ3v) is 11.8. The minimum Gasteiger partial charge on any atom is -0.454 e. The van der Waals surface area contributed by atoms with Crippen molar-refractivity contribution >= 4 is 101 Å². The summed E-state index contributed by atoms with van der Waals surface area (Å²) in [5.41, 5.74) is -7.51. The Kier molecular flexibility index (Phi) is 4.09. The summed E-state index contributed by atoms with van der Waals surface area (Å²) in [5, 5.41) is 10.6. The van der Waals surface area contributed by atoms with E-state index in [2.05, 4.69) is 0 Å². The van der Waals surface area contributed by atoms with Crippen LogP contribution in [0.5, 0.6) is 0 Å². The van der Waals surface area contributed by atoms with Gasteiger partial charge in [0.1, 0.15) is 5.58 Å². The molecule has 0 radical (unpaired) electrons. The van der Waals surface area contributed by atoms with Crippen molar-refractivity contribution in [2.45, 2.75) is 78.6 Å². The summed E-state index contributed by atoms with van der Waals surface area (Å²) in [5.74, 6) is 0. The second kappa shape index (κ2) is 11.8. The zero-order valence-electron chi connectivity index (χ0n) is 54.8. The van der Waals surface area contributed by atoms with Crippen LogP contribution in [0, 0.1) is 11.3 Å². The molecule has 2 aromatic heterocycles.